The highest BCUT2D eigenvalue weighted by Crippen LogP contribution is 2.20. The highest BCUT2D eigenvalue weighted by Gasteiger charge is 2.17. The van der Waals surface area contributed by atoms with Gasteiger partial charge in [0.2, 0.25) is 17.8 Å². The molecule has 2 aromatic rings. The van der Waals surface area contributed by atoms with Crippen molar-refractivity contribution >= 4 is 17.8 Å². The smallest absolute Gasteiger partial charge is 0.231 e. The van der Waals surface area contributed by atoms with E-state index in [9.17, 15) is 0 Å². The molecule has 3 rings (SSSR count). The molecule has 110 valence electrons. The zero-order chi connectivity index (χ0) is 14.8. The minimum Gasteiger partial charge on any atom is -0.368 e. The van der Waals surface area contributed by atoms with Crippen LogP contribution in [0.25, 0.3) is 0 Å². The Kier molecular flexibility index (Phi) is 3.60. The van der Waals surface area contributed by atoms with Gasteiger partial charge in [0, 0.05) is 27.2 Å². The van der Waals surface area contributed by atoms with Crippen LogP contribution in [-0.2, 0) is 12.8 Å². The number of hydrogen-bond donors (Lipinski definition) is 1. The molecular formula is C15H20N6. The molecule has 0 saturated carbocycles. The fourth-order valence-electron chi connectivity index (χ4n) is 2.58. The highest BCUT2D eigenvalue weighted by molar-refractivity contribution is 5.44. The third-order valence-electron chi connectivity index (χ3n) is 3.73. The second-order valence-electron chi connectivity index (χ2n) is 5.44. The predicted octanol–water partition coefficient (Wildman–Crippen LogP) is 1.12. The van der Waals surface area contributed by atoms with Gasteiger partial charge in [-0.05, 0) is 24.0 Å². The molecule has 1 aromatic carbocycles. The summed E-state index contributed by atoms with van der Waals surface area (Å²) in [6, 6.07) is 8.59. The average Bonchev–Trinajstić information content (AvgIpc) is 2.69. The molecule has 1 aromatic heterocycles. The summed E-state index contributed by atoms with van der Waals surface area (Å²) in [7, 11) is 3.80. The molecule has 0 bridgehead atoms. The van der Waals surface area contributed by atoms with Crippen molar-refractivity contribution in [2.24, 2.45) is 0 Å². The van der Waals surface area contributed by atoms with Gasteiger partial charge in [-0.3, -0.25) is 0 Å². The molecule has 6 heteroatoms. The van der Waals surface area contributed by atoms with E-state index >= 15 is 0 Å². The van der Waals surface area contributed by atoms with E-state index < -0.39 is 0 Å². The molecule has 0 saturated heterocycles. The molecule has 1 aliphatic heterocycles. The maximum atomic E-state index is 5.81. The standard InChI is InChI=1S/C15H20N6/c1-20(2)14-17-13(16)18-15(19-14)21-9-7-11-5-3-4-6-12(11)8-10-21/h3-6H,7-10H2,1-2H3,(H2,16,17,18,19). The monoisotopic (exact) mass is 284 g/mol. The van der Waals surface area contributed by atoms with Gasteiger partial charge in [0.15, 0.2) is 0 Å². The van der Waals surface area contributed by atoms with E-state index in [0.29, 0.717) is 11.9 Å². The molecular weight excluding hydrogens is 264 g/mol. The van der Waals surface area contributed by atoms with Crippen LogP contribution in [-0.4, -0.2) is 42.1 Å². The number of anilines is 3. The number of nitrogen functional groups attached to an aromatic ring is 1. The van der Waals surface area contributed by atoms with Gasteiger partial charge in [0.05, 0.1) is 0 Å². The first-order chi connectivity index (χ1) is 10.1. The van der Waals surface area contributed by atoms with Gasteiger partial charge in [-0.2, -0.15) is 15.0 Å². The normalized spacial score (nSPS) is 14.5. The Bertz CT molecular complexity index is 613. The highest BCUT2D eigenvalue weighted by atomic mass is 15.3. The topological polar surface area (TPSA) is 71.2 Å². The molecule has 0 radical (unpaired) electrons. The van der Waals surface area contributed by atoms with E-state index in [1.807, 2.05) is 19.0 Å². The van der Waals surface area contributed by atoms with Gasteiger partial charge in [-0.15, -0.1) is 0 Å². The van der Waals surface area contributed by atoms with Gasteiger partial charge in [0.25, 0.3) is 0 Å². The molecule has 2 N–H and O–H groups in total. The van der Waals surface area contributed by atoms with Crippen LogP contribution in [0.2, 0.25) is 0 Å². The van der Waals surface area contributed by atoms with E-state index in [1.54, 1.807) is 0 Å². The lowest BCUT2D eigenvalue weighted by Gasteiger charge is -2.21. The second-order valence-corrected chi connectivity index (χ2v) is 5.44. The number of hydrogen-bond acceptors (Lipinski definition) is 6. The second kappa shape index (κ2) is 5.55. The molecule has 0 unspecified atom stereocenters. The SMILES string of the molecule is CN(C)c1nc(N)nc(N2CCc3ccccc3CC2)n1. The molecule has 6 nitrogen and oxygen atoms in total. The first kappa shape index (κ1) is 13.6. The van der Waals surface area contributed by atoms with E-state index in [-0.39, 0.29) is 5.95 Å². The Balaban J connectivity index is 1.86. The van der Waals surface area contributed by atoms with E-state index in [0.717, 1.165) is 25.9 Å². The van der Waals surface area contributed by atoms with E-state index in [1.165, 1.54) is 11.1 Å². The fourth-order valence-corrected chi connectivity index (χ4v) is 2.58. The first-order valence-corrected chi connectivity index (χ1v) is 7.14. The summed E-state index contributed by atoms with van der Waals surface area (Å²) >= 11 is 0. The number of rotatable bonds is 2. The quantitative estimate of drug-likeness (QED) is 0.891. The van der Waals surface area contributed by atoms with Crippen LogP contribution in [0.1, 0.15) is 11.1 Å². The lowest BCUT2D eigenvalue weighted by Crippen LogP contribution is -2.29. The van der Waals surface area contributed by atoms with Gasteiger partial charge in [0.1, 0.15) is 0 Å². The Morgan fingerprint density at radius 2 is 1.62 bits per heavy atom. The Hall–Kier alpha value is -2.37. The summed E-state index contributed by atoms with van der Waals surface area (Å²) in [4.78, 5) is 17.0. The van der Waals surface area contributed by atoms with Gasteiger partial charge in [-0.1, -0.05) is 24.3 Å². The molecule has 21 heavy (non-hydrogen) atoms. The largest absolute Gasteiger partial charge is 0.368 e. The molecule has 0 spiro atoms. The van der Waals surface area contributed by atoms with Crippen LogP contribution in [0.4, 0.5) is 17.8 Å². The fraction of sp³-hybridized carbons (Fsp3) is 0.400. The number of nitrogens with zero attached hydrogens (tertiary/aromatic N) is 5. The Morgan fingerprint density at radius 1 is 1.00 bits per heavy atom. The van der Waals surface area contributed by atoms with Crippen molar-refractivity contribution in [3.05, 3.63) is 35.4 Å². The molecule has 0 aliphatic carbocycles. The van der Waals surface area contributed by atoms with Crippen LogP contribution in [0.15, 0.2) is 24.3 Å². The maximum Gasteiger partial charge on any atom is 0.231 e. The van der Waals surface area contributed by atoms with Crippen molar-refractivity contribution in [1.29, 1.82) is 0 Å². The van der Waals surface area contributed by atoms with Crippen molar-refractivity contribution in [3.8, 4) is 0 Å². The van der Waals surface area contributed by atoms with Crippen molar-refractivity contribution in [3.63, 3.8) is 0 Å². The summed E-state index contributed by atoms with van der Waals surface area (Å²) in [5, 5.41) is 0. The van der Waals surface area contributed by atoms with Gasteiger partial charge in [-0.25, -0.2) is 0 Å². The van der Waals surface area contributed by atoms with Crippen molar-refractivity contribution in [1.82, 2.24) is 15.0 Å². The molecule has 0 fully saturated rings. The summed E-state index contributed by atoms with van der Waals surface area (Å²) in [5.41, 5.74) is 8.64. The third kappa shape index (κ3) is 2.89. The zero-order valence-corrected chi connectivity index (χ0v) is 12.5. The van der Waals surface area contributed by atoms with Crippen LogP contribution in [0.5, 0.6) is 0 Å². The number of benzene rings is 1. The number of fused-ring (bicyclic) bond motifs is 1. The van der Waals surface area contributed by atoms with Crippen LogP contribution >= 0.6 is 0 Å². The number of aromatic nitrogens is 3. The van der Waals surface area contributed by atoms with Gasteiger partial charge < -0.3 is 15.5 Å². The average molecular weight is 284 g/mol. The van der Waals surface area contributed by atoms with E-state index in [4.69, 9.17) is 5.73 Å². The maximum absolute atomic E-state index is 5.81. The van der Waals surface area contributed by atoms with Crippen molar-refractivity contribution in [2.75, 3.05) is 42.7 Å². The first-order valence-electron chi connectivity index (χ1n) is 7.14. The summed E-state index contributed by atoms with van der Waals surface area (Å²) in [6.07, 6.45) is 2.00. The Labute approximate surface area is 124 Å². The third-order valence-corrected chi connectivity index (χ3v) is 3.73. The zero-order valence-electron chi connectivity index (χ0n) is 12.5. The van der Waals surface area contributed by atoms with Crippen LogP contribution in [0.3, 0.4) is 0 Å². The van der Waals surface area contributed by atoms with Crippen LogP contribution in [0, 0.1) is 0 Å². The summed E-state index contributed by atoms with van der Waals surface area (Å²) in [6.45, 7) is 1.79. The summed E-state index contributed by atoms with van der Waals surface area (Å²) in [5.74, 6) is 1.53. The number of nitrogens with two attached hydrogens (primary N) is 1. The minimum absolute atomic E-state index is 0.269. The van der Waals surface area contributed by atoms with Crippen molar-refractivity contribution in [2.45, 2.75) is 12.8 Å². The molecule has 2 heterocycles. The van der Waals surface area contributed by atoms with Crippen LogP contribution < -0.4 is 15.5 Å². The minimum atomic E-state index is 0.269. The Morgan fingerprint density at radius 3 is 2.19 bits per heavy atom. The lowest BCUT2D eigenvalue weighted by atomic mass is 10.0. The van der Waals surface area contributed by atoms with E-state index in [2.05, 4.69) is 44.1 Å². The lowest BCUT2D eigenvalue weighted by molar-refractivity contribution is 0.765. The molecule has 0 atom stereocenters. The molecule has 0 amide bonds. The van der Waals surface area contributed by atoms with Gasteiger partial charge >= 0.3 is 0 Å². The summed E-state index contributed by atoms with van der Waals surface area (Å²) < 4.78 is 0. The molecule has 1 aliphatic rings. The van der Waals surface area contributed by atoms with Crippen molar-refractivity contribution < 1.29 is 0 Å². The predicted molar refractivity (Wildman–Crippen MR) is 84.6 cm³/mol.